The number of fused-ring (bicyclic) bond motifs is 1. The van der Waals surface area contributed by atoms with Crippen LogP contribution in [0.25, 0.3) is 11.4 Å². The summed E-state index contributed by atoms with van der Waals surface area (Å²) in [5.74, 6) is 0.912. The largest absolute Gasteiger partial charge is 0.294 e. The second-order valence-corrected chi connectivity index (χ2v) is 5.00. The Labute approximate surface area is 112 Å². The molecule has 0 saturated carbocycles. The fraction of sp³-hybridized carbons (Fsp3) is 0.312. The van der Waals surface area contributed by atoms with Crippen LogP contribution in [0.15, 0.2) is 30.5 Å². The number of hydrogen-bond acceptors (Lipinski definition) is 3. The number of benzene rings is 1. The van der Waals surface area contributed by atoms with Gasteiger partial charge in [-0.15, -0.1) is 0 Å². The summed E-state index contributed by atoms with van der Waals surface area (Å²) in [7, 11) is 0. The highest BCUT2D eigenvalue weighted by Gasteiger charge is 2.18. The SMILES string of the molecule is Cc1ccccc1-c1ncc2c(n1)CCCCC2=O. The van der Waals surface area contributed by atoms with Crippen molar-refractivity contribution in [3.63, 3.8) is 0 Å². The van der Waals surface area contributed by atoms with E-state index in [-0.39, 0.29) is 5.78 Å². The normalized spacial score (nSPS) is 14.9. The Morgan fingerprint density at radius 2 is 1.84 bits per heavy atom. The summed E-state index contributed by atoms with van der Waals surface area (Å²) in [6.07, 6.45) is 5.19. The summed E-state index contributed by atoms with van der Waals surface area (Å²) >= 11 is 0. The highest BCUT2D eigenvalue weighted by atomic mass is 16.1. The third-order valence-corrected chi connectivity index (χ3v) is 3.62. The summed E-state index contributed by atoms with van der Waals surface area (Å²) in [4.78, 5) is 20.9. The molecule has 2 aromatic rings. The molecule has 0 N–H and O–H groups in total. The first-order chi connectivity index (χ1) is 9.25. The molecular weight excluding hydrogens is 236 g/mol. The van der Waals surface area contributed by atoms with Crippen molar-refractivity contribution >= 4 is 5.78 Å². The Kier molecular flexibility index (Phi) is 3.11. The van der Waals surface area contributed by atoms with E-state index < -0.39 is 0 Å². The van der Waals surface area contributed by atoms with Crippen molar-refractivity contribution in [2.24, 2.45) is 0 Å². The monoisotopic (exact) mass is 252 g/mol. The number of aromatic nitrogens is 2. The minimum Gasteiger partial charge on any atom is -0.294 e. The lowest BCUT2D eigenvalue weighted by Gasteiger charge is -2.08. The number of Topliss-reactive ketones (excluding diaryl/α,β-unsaturated/α-hetero) is 1. The Bertz CT molecular complexity index is 634. The van der Waals surface area contributed by atoms with E-state index in [9.17, 15) is 4.79 Å². The quantitative estimate of drug-likeness (QED) is 0.731. The first kappa shape index (κ1) is 12.0. The molecule has 19 heavy (non-hydrogen) atoms. The van der Waals surface area contributed by atoms with Gasteiger partial charge >= 0.3 is 0 Å². The van der Waals surface area contributed by atoms with Crippen molar-refractivity contribution in [1.29, 1.82) is 0 Å². The van der Waals surface area contributed by atoms with E-state index in [1.54, 1.807) is 6.20 Å². The van der Waals surface area contributed by atoms with Gasteiger partial charge in [0.15, 0.2) is 11.6 Å². The Morgan fingerprint density at radius 3 is 2.68 bits per heavy atom. The number of carbonyl (C=O) groups excluding carboxylic acids is 1. The molecule has 3 nitrogen and oxygen atoms in total. The van der Waals surface area contributed by atoms with Crippen LogP contribution < -0.4 is 0 Å². The maximum absolute atomic E-state index is 11.9. The molecular formula is C16H16N2O. The van der Waals surface area contributed by atoms with Gasteiger partial charge in [-0.05, 0) is 31.7 Å². The third kappa shape index (κ3) is 2.28. The van der Waals surface area contributed by atoms with Crippen LogP contribution in [0.3, 0.4) is 0 Å². The molecule has 3 heteroatoms. The molecule has 3 rings (SSSR count). The number of hydrogen-bond donors (Lipinski definition) is 0. The molecule has 1 aromatic carbocycles. The predicted octanol–water partition coefficient (Wildman–Crippen LogP) is 3.36. The fourth-order valence-electron chi connectivity index (χ4n) is 2.51. The number of nitrogens with zero attached hydrogens (tertiary/aromatic N) is 2. The summed E-state index contributed by atoms with van der Waals surface area (Å²) in [5, 5.41) is 0. The van der Waals surface area contributed by atoms with E-state index in [4.69, 9.17) is 0 Å². The van der Waals surface area contributed by atoms with Crippen LogP contribution in [0.5, 0.6) is 0 Å². The standard InChI is InChI=1S/C16H16N2O/c1-11-6-2-3-7-12(11)16-17-10-13-14(18-16)8-4-5-9-15(13)19/h2-3,6-7,10H,4-5,8-9H2,1H3. The van der Waals surface area contributed by atoms with Crippen LogP contribution >= 0.6 is 0 Å². The van der Waals surface area contributed by atoms with Gasteiger partial charge in [0.25, 0.3) is 0 Å². The van der Waals surface area contributed by atoms with Gasteiger partial charge in [0.1, 0.15) is 0 Å². The molecule has 0 fully saturated rings. The van der Waals surface area contributed by atoms with E-state index >= 15 is 0 Å². The van der Waals surface area contributed by atoms with Crippen molar-refractivity contribution in [2.75, 3.05) is 0 Å². The predicted molar refractivity (Wildman–Crippen MR) is 74.1 cm³/mol. The zero-order valence-corrected chi connectivity index (χ0v) is 11.0. The second kappa shape index (κ2) is 4.92. The van der Waals surface area contributed by atoms with E-state index in [0.29, 0.717) is 6.42 Å². The van der Waals surface area contributed by atoms with Gasteiger partial charge in [-0.1, -0.05) is 24.3 Å². The number of rotatable bonds is 1. The van der Waals surface area contributed by atoms with Crippen LogP contribution in [0.2, 0.25) is 0 Å². The van der Waals surface area contributed by atoms with Crippen molar-refractivity contribution < 1.29 is 4.79 Å². The summed E-state index contributed by atoms with van der Waals surface area (Å²) in [5.41, 5.74) is 3.83. The topological polar surface area (TPSA) is 42.9 Å². The number of aryl methyl sites for hydroxylation is 2. The molecule has 0 unspecified atom stereocenters. The zero-order chi connectivity index (χ0) is 13.2. The van der Waals surface area contributed by atoms with Gasteiger partial charge < -0.3 is 0 Å². The number of ketones is 1. The lowest BCUT2D eigenvalue weighted by atomic mass is 10.1. The molecule has 0 saturated heterocycles. The van der Waals surface area contributed by atoms with Crippen molar-refractivity contribution in [3.8, 4) is 11.4 Å². The summed E-state index contributed by atoms with van der Waals surface area (Å²) < 4.78 is 0. The lowest BCUT2D eigenvalue weighted by molar-refractivity contribution is 0.0981. The van der Waals surface area contributed by atoms with Gasteiger partial charge in [0.05, 0.1) is 11.3 Å². The minimum atomic E-state index is 0.184. The Balaban J connectivity index is 2.09. The molecule has 0 spiro atoms. The van der Waals surface area contributed by atoms with Crippen molar-refractivity contribution in [2.45, 2.75) is 32.6 Å². The van der Waals surface area contributed by atoms with E-state index in [1.165, 1.54) is 0 Å². The molecule has 0 atom stereocenters. The molecule has 0 radical (unpaired) electrons. The average molecular weight is 252 g/mol. The van der Waals surface area contributed by atoms with Crippen LogP contribution in [-0.2, 0) is 6.42 Å². The highest BCUT2D eigenvalue weighted by molar-refractivity contribution is 5.97. The van der Waals surface area contributed by atoms with E-state index in [0.717, 1.165) is 47.5 Å². The van der Waals surface area contributed by atoms with E-state index in [2.05, 4.69) is 23.0 Å². The van der Waals surface area contributed by atoms with Gasteiger partial charge in [0, 0.05) is 18.2 Å². The molecule has 1 aliphatic carbocycles. The van der Waals surface area contributed by atoms with Crippen LogP contribution in [0.1, 0.15) is 40.9 Å². The first-order valence-corrected chi connectivity index (χ1v) is 6.71. The highest BCUT2D eigenvalue weighted by Crippen LogP contribution is 2.23. The molecule has 1 aliphatic rings. The maximum Gasteiger partial charge on any atom is 0.166 e. The Hall–Kier alpha value is -2.03. The van der Waals surface area contributed by atoms with Crippen LogP contribution in [0, 0.1) is 6.92 Å². The van der Waals surface area contributed by atoms with Crippen LogP contribution in [-0.4, -0.2) is 15.8 Å². The van der Waals surface area contributed by atoms with Crippen molar-refractivity contribution in [3.05, 3.63) is 47.3 Å². The minimum absolute atomic E-state index is 0.184. The second-order valence-electron chi connectivity index (χ2n) is 5.00. The smallest absolute Gasteiger partial charge is 0.166 e. The first-order valence-electron chi connectivity index (χ1n) is 6.71. The zero-order valence-electron chi connectivity index (χ0n) is 11.0. The molecule has 0 aliphatic heterocycles. The summed E-state index contributed by atoms with van der Waals surface area (Å²) in [6.45, 7) is 2.05. The summed E-state index contributed by atoms with van der Waals surface area (Å²) in [6, 6.07) is 8.07. The molecule has 1 heterocycles. The lowest BCUT2D eigenvalue weighted by Crippen LogP contribution is -2.05. The van der Waals surface area contributed by atoms with Gasteiger partial charge in [-0.25, -0.2) is 9.97 Å². The van der Waals surface area contributed by atoms with Crippen molar-refractivity contribution in [1.82, 2.24) is 9.97 Å². The molecule has 1 aromatic heterocycles. The fourth-order valence-corrected chi connectivity index (χ4v) is 2.51. The van der Waals surface area contributed by atoms with Gasteiger partial charge in [-0.3, -0.25) is 4.79 Å². The molecule has 0 amide bonds. The number of carbonyl (C=O) groups is 1. The van der Waals surface area contributed by atoms with Crippen LogP contribution in [0.4, 0.5) is 0 Å². The average Bonchev–Trinajstić information content (AvgIpc) is 2.61. The van der Waals surface area contributed by atoms with E-state index in [1.807, 2.05) is 18.2 Å². The maximum atomic E-state index is 11.9. The molecule has 96 valence electrons. The Morgan fingerprint density at radius 1 is 1.05 bits per heavy atom. The third-order valence-electron chi connectivity index (χ3n) is 3.62. The van der Waals surface area contributed by atoms with Gasteiger partial charge in [0.2, 0.25) is 0 Å². The molecule has 0 bridgehead atoms. The van der Waals surface area contributed by atoms with Gasteiger partial charge in [-0.2, -0.15) is 0 Å².